The van der Waals surface area contributed by atoms with Crippen LogP contribution in [-0.2, 0) is 46.7 Å². The summed E-state index contributed by atoms with van der Waals surface area (Å²) < 4.78 is 140. The molecule has 480 valence electrons. The zero-order chi connectivity index (χ0) is 67.7. The predicted molar refractivity (Wildman–Crippen MR) is 344 cm³/mol. The zero-order valence-corrected chi connectivity index (χ0v) is 55.1. The maximum absolute atomic E-state index is 14.6. The van der Waals surface area contributed by atoms with Gasteiger partial charge in [-0.1, -0.05) is 77.0 Å². The number of terminal acetylenes is 2. The Morgan fingerprint density at radius 3 is 1.37 bits per heavy atom. The SMILES string of the molecule is C#CC#CC#C.CC#CC#CC#CC.CC(C)(C)OC(=O)N1CCC(c2cccc3c2O[C@](C)(c2ccc(Cl)cc2F)O3)CC1.CS(=O)(=O)O.CS(=O)(=O)O.C[C@@]1(c2ccc(Cl)cc2F)Oc2cccc(C3CCNCC3)c2O1.Cc1ccc(S(=O)(=O)O)cc1. The fourth-order valence-corrected chi connectivity index (χ4v) is 9.47. The van der Waals surface area contributed by atoms with Crippen LogP contribution in [0.4, 0.5) is 13.6 Å². The van der Waals surface area contributed by atoms with Gasteiger partial charge in [-0.3, -0.25) is 13.7 Å². The van der Waals surface area contributed by atoms with Crippen molar-refractivity contribution in [3.8, 4) is 95.0 Å². The Hall–Kier alpha value is -7.94. The van der Waals surface area contributed by atoms with E-state index in [4.69, 9.17) is 73.4 Å². The quantitative estimate of drug-likeness (QED) is 0.0944. The van der Waals surface area contributed by atoms with Crippen molar-refractivity contribution in [2.24, 2.45) is 0 Å². The van der Waals surface area contributed by atoms with Gasteiger partial charge in [0.05, 0.1) is 28.5 Å². The van der Waals surface area contributed by atoms with Crippen LogP contribution in [0.15, 0.2) is 102 Å². The van der Waals surface area contributed by atoms with Crippen LogP contribution in [-0.4, -0.2) is 94.2 Å². The van der Waals surface area contributed by atoms with Gasteiger partial charge in [-0.2, -0.15) is 25.3 Å². The van der Waals surface area contributed by atoms with Crippen molar-refractivity contribution < 1.29 is 76.2 Å². The van der Waals surface area contributed by atoms with E-state index in [1.54, 1.807) is 69.0 Å². The Bertz CT molecular complexity index is 3930. The van der Waals surface area contributed by atoms with Gasteiger partial charge in [0.25, 0.3) is 41.9 Å². The molecule has 2 atom stereocenters. The van der Waals surface area contributed by atoms with E-state index >= 15 is 0 Å². The lowest BCUT2D eigenvalue weighted by Crippen LogP contribution is -2.41. The number of rotatable bonds is 5. The molecule has 4 N–H and O–H groups in total. The van der Waals surface area contributed by atoms with Crippen molar-refractivity contribution >= 4 is 59.6 Å². The summed E-state index contributed by atoms with van der Waals surface area (Å²) >= 11 is 11.8. The van der Waals surface area contributed by atoms with E-state index in [-0.39, 0.29) is 16.9 Å². The fourth-order valence-electron chi connectivity index (χ4n) is 8.68. The number of aryl methyl sites for hydroxylation is 1. The molecule has 4 aliphatic rings. The molecule has 5 aromatic rings. The molecule has 0 radical (unpaired) electrons. The molecule has 0 aromatic heterocycles. The molecule has 4 aliphatic heterocycles. The first-order chi connectivity index (χ1) is 41.9. The molecule has 0 spiro atoms. The molecule has 9 rings (SSSR count). The van der Waals surface area contributed by atoms with Crippen LogP contribution in [0.25, 0.3) is 0 Å². The summed E-state index contributed by atoms with van der Waals surface area (Å²) in [7, 11) is -11.4. The first-order valence-corrected chi connectivity index (χ1v) is 33.1. The summed E-state index contributed by atoms with van der Waals surface area (Å²) in [6.07, 6.45) is 14.2. The van der Waals surface area contributed by atoms with E-state index in [0.717, 1.165) is 61.2 Å². The largest absolute Gasteiger partial charge is 0.444 e. The van der Waals surface area contributed by atoms with Gasteiger partial charge < -0.3 is 33.9 Å². The molecule has 1 amide bonds. The van der Waals surface area contributed by atoms with Crippen molar-refractivity contribution in [2.75, 3.05) is 38.7 Å². The highest BCUT2D eigenvalue weighted by atomic mass is 35.5. The molecule has 24 heteroatoms. The Balaban J connectivity index is 0.000000314. The highest BCUT2D eigenvalue weighted by molar-refractivity contribution is 7.86. The minimum absolute atomic E-state index is 0.0666. The minimum atomic E-state index is -4.02. The van der Waals surface area contributed by atoms with E-state index in [1.165, 1.54) is 24.3 Å². The van der Waals surface area contributed by atoms with Crippen LogP contribution in [0.5, 0.6) is 23.0 Å². The van der Waals surface area contributed by atoms with E-state index in [1.807, 2.05) is 58.0 Å². The summed E-state index contributed by atoms with van der Waals surface area (Å²) in [5.74, 6) is 24.0. The number of hydrogen-bond donors (Lipinski definition) is 4. The first kappa shape index (κ1) is 76.3. The second kappa shape index (κ2) is 34.9. The maximum atomic E-state index is 14.6. The van der Waals surface area contributed by atoms with Crippen molar-refractivity contribution in [2.45, 2.75) is 115 Å². The molecule has 0 unspecified atom stereocenters. The lowest BCUT2D eigenvalue weighted by Gasteiger charge is -2.34. The molecule has 0 bridgehead atoms. The van der Waals surface area contributed by atoms with E-state index < -0.39 is 59.2 Å². The zero-order valence-electron chi connectivity index (χ0n) is 51.1. The van der Waals surface area contributed by atoms with Gasteiger partial charge in [-0.05, 0) is 200 Å². The molecule has 4 heterocycles. The molecule has 17 nitrogen and oxygen atoms in total. The molecule has 90 heavy (non-hydrogen) atoms. The van der Waals surface area contributed by atoms with Gasteiger partial charge in [0.1, 0.15) is 17.2 Å². The smallest absolute Gasteiger partial charge is 0.410 e. The van der Waals surface area contributed by atoms with Gasteiger partial charge in [-0.25, -0.2) is 13.6 Å². The summed E-state index contributed by atoms with van der Waals surface area (Å²) in [6.45, 7) is 17.6. The molecule has 0 aliphatic carbocycles. The Kier molecular flexibility index (Phi) is 29.6. The minimum Gasteiger partial charge on any atom is -0.444 e. The average molecular weight is 1340 g/mol. The van der Waals surface area contributed by atoms with Crippen molar-refractivity contribution in [3.63, 3.8) is 0 Å². The number of piperidine rings is 2. The monoisotopic (exact) mass is 1330 g/mol. The number of para-hydroxylation sites is 2. The lowest BCUT2D eigenvalue weighted by atomic mass is 9.89. The van der Waals surface area contributed by atoms with E-state index in [9.17, 15) is 38.8 Å². The van der Waals surface area contributed by atoms with E-state index in [2.05, 4.69) is 70.6 Å². The average Bonchev–Trinajstić information content (AvgIpc) is 1.61. The van der Waals surface area contributed by atoms with Crippen LogP contribution in [0, 0.1) is 90.6 Å². The number of nitrogens with zero attached hydrogens (tertiary/aromatic N) is 1. The maximum Gasteiger partial charge on any atom is 0.410 e. The number of nitrogens with one attached hydrogen (secondary N) is 1. The van der Waals surface area contributed by atoms with Crippen molar-refractivity contribution in [1.29, 1.82) is 0 Å². The Labute approximate surface area is 538 Å². The van der Waals surface area contributed by atoms with Gasteiger partial charge >= 0.3 is 6.09 Å². The van der Waals surface area contributed by atoms with Crippen LogP contribution in [0.3, 0.4) is 0 Å². The second-order valence-electron chi connectivity index (χ2n) is 21.0. The van der Waals surface area contributed by atoms with Crippen molar-refractivity contribution in [1.82, 2.24) is 10.2 Å². The summed E-state index contributed by atoms with van der Waals surface area (Å²) in [5.41, 5.74) is 3.24. The fraction of sp³-hybridized carbons (Fsp3) is 0.348. The Morgan fingerprint density at radius 1 is 0.633 bits per heavy atom. The normalized spacial score (nSPS) is 16.8. The van der Waals surface area contributed by atoms with Crippen LogP contribution in [0.1, 0.15) is 114 Å². The molecule has 2 fully saturated rings. The van der Waals surface area contributed by atoms with Crippen LogP contribution in [0.2, 0.25) is 10.0 Å². The molecular formula is C66H70Cl2F2N2O15S3. The van der Waals surface area contributed by atoms with Gasteiger partial charge in [-0.15, -0.1) is 12.8 Å². The summed E-state index contributed by atoms with van der Waals surface area (Å²) in [6, 6.07) is 26.7. The van der Waals surface area contributed by atoms with E-state index in [0.29, 0.717) is 69.9 Å². The number of carbonyl (C=O) groups excluding carboxylic acids is 1. The lowest BCUT2D eigenvalue weighted by molar-refractivity contribution is -0.0716. The number of benzene rings is 5. The number of halogens is 4. The summed E-state index contributed by atoms with van der Waals surface area (Å²) in [5, 5.41) is 4.04. The number of hydrogen-bond acceptors (Lipinski definition) is 13. The number of ether oxygens (including phenoxy) is 5. The number of amides is 1. The third kappa shape index (κ3) is 26.6. The molecular weight excluding hydrogens is 1270 g/mol. The Morgan fingerprint density at radius 2 is 1.02 bits per heavy atom. The molecule has 0 saturated carbocycles. The highest BCUT2D eigenvalue weighted by Gasteiger charge is 2.44. The highest BCUT2D eigenvalue weighted by Crippen LogP contribution is 2.51. The molecule has 2 saturated heterocycles. The standard InChI is InChI=1S/C24H27ClFNO4.C19H19ClFNO2.C8H6.C7H8O3S.C6H2.2CH4O3S/c1-23(2,3)31-22(28)27-12-10-15(11-13-27)17-6-5-7-20-21(17)30-24(4,29-20)18-9-8-16(25)14-19(18)26;1-19(15-6-5-13(20)11-16(15)21)23-17-4-2-3-14(18(17)24-19)12-7-9-22-10-8-12;1-3-5-7-8-6-4-2;1-6-2-4-7(5-3-6)11(8,9)10;1-3-5-6-4-2;2*1-5(2,3)4/h5-9,14-15H,10-13H2,1-4H3;2-6,11-12,22H,7-10H2,1H3;1-2H3;2-5H,1H3,(H,8,9,10);1-2H;2*1H3,(H,2,3,4)/t24-;19-;;;;;/m11...../s1. The predicted octanol–water partition coefficient (Wildman–Crippen LogP) is 12.4. The number of carbonyl (C=O) groups is 1. The summed E-state index contributed by atoms with van der Waals surface area (Å²) in [4.78, 5) is 14.0. The van der Waals surface area contributed by atoms with Crippen LogP contribution < -0.4 is 24.3 Å². The third-order valence-corrected chi connectivity index (χ3v) is 13.7. The third-order valence-electron chi connectivity index (χ3n) is 12.4. The van der Waals surface area contributed by atoms with Crippen molar-refractivity contribution in [3.05, 3.63) is 147 Å². The van der Waals surface area contributed by atoms with Crippen LogP contribution >= 0.6 is 23.2 Å². The first-order valence-electron chi connectivity index (χ1n) is 27.2. The van der Waals surface area contributed by atoms with Gasteiger partial charge in [0.15, 0.2) is 23.0 Å². The van der Waals surface area contributed by atoms with Gasteiger partial charge in [0.2, 0.25) is 0 Å². The molecule has 5 aromatic carbocycles. The number of likely N-dealkylation sites (tertiary alicyclic amines) is 1. The second-order valence-corrected chi connectivity index (χ2v) is 26.2. The number of fused-ring (bicyclic) bond motifs is 2. The van der Waals surface area contributed by atoms with Gasteiger partial charge in [0, 0.05) is 48.1 Å². The topological polar surface area (TPSA) is 242 Å².